The summed E-state index contributed by atoms with van der Waals surface area (Å²) >= 11 is 0. The lowest BCUT2D eigenvalue weighted by molar-refractivity contribution is 0.176. The van der Waals surface area contributed by atoms with E-state index >= 15 is 0 Å². The average molecular weight is 212 g/mol. The molecule has 0 aromatic heterocycles. The molecule has 0 bridgehead atoms. The quantitative estimate of drug-likeness (QED) is 0.534. The zero-order chi connectivity index (χ0) is 11.3. The number of rotatable bonds is 4. The summed E-state index contributed by atoms with van der Waals surface area (Å²) < 4.78 is 0. The van der Waals surface area contributed by atoms with Crippen LogP contribution < -0.4 is 11.5 Å². The number of likely N-dealkylation sites (N-methyl/N-ethyl adjacent to an activating group) is 1. The SMILES string of the molecule is CN(C)C(CN=C(N)N)C1CCCCC1. The van der Waals surface area contributed by atoms with Gasteiger partial charge in [-0.2, -0.15) is 0 Å². The first-order valence-corrected chi connectivity index (χ1v) is 5.83. The van der Waals surface area contributed by atoms with Crippen molar-refractivity contribution in [1.82, 2.24) is 4.90 Å². The molecular weight excluding hydrogens is 188 g/mol. The predicted octanol–water partition coefficient (Wildman–Crippen LogP) is 0.770. The van der Waals surface area contributed by atoms with Crippen molar-refractivity contribution in [3.63, 3.8) is 0 Å². The molecule has 0 aromatic carbocycles. The number of nitrogens with zero attached hydrogens (tertiary/aromatic N) is 2. The Bertz CT molecular complexity index is 203. The van der Waals surface area contributed by atoms with Gasteiger partial charge in [-0.15, -0.1) is 0 Å². The van der Waals surface area contributed by atoms with Crippen LogP contribution >= 0.6 is 0 Å². The van der Waals surface area contributed by atoms with Crippen molar-refractivity contribution in [1.29, 1.82) is 0 Å². The fourth-order valence-electron chi connectivity index (χ4n) is 2.45. The largest absolute Gasteiger partial charge is 0.370 e. The van der Waals surface area contributed by atoms with Gasteiger partial charge in [0.1, 0.15) is 0 Å². The molecule has 0 heterocycles. The summed E-state index contributed by atoms with van der Waals surface area (Å²) in [5.41, 5.74) is 10.8. The van der Waals surface area contributed by atoms with E-state index < -0.39 is 0 Å². The molecule has 4 heteroatoms. The second kappa shape index (κ2) is 5.95. The molecule has 0 amide bonds. The van der Waals surface area contributed by atoms with Gasteiger partial charge < -0.3 is 16.4 Å². The van der Waals surface area contributed by atoms with Crippen LogP contribution in [0.25, 0.3) is 0 Å². The van der Waals surface area contributed by atoms with Crippen LogP contribution in [0.3, 0.4) is 0 Å². The van der Waals surface area contributed by atoms with Gasteiger partial charge in [-0.3, -0.25) is 4.99 Å². The van der Waals surface area contributed by atoms with Crippen LogP contribution in [0.2, 0.25) is 0 Å². The Kier molecular flexibility index (Phi) is 4.88. The first kappa shape index (κ1) is 12.3. The molecule has 4 N–H and O–H groups in total. The van der Waals surface area contributed by atoms with Crippen LogP contribution in [-0.2, 0) is 0 Å². The van der Waals surface area contributed by atoms with E-state index in [-0.39, 0.29) is 5.96 Å². The van der Waals surface area contributed by atoms with E-state index in [1.807, 2.05) is 0 Å². The molecule has 88 valence electrons. The van der Waals surface area contributed by atoms with Gasteiger partial charge in [0.05, 0.1) is 6.54 Å². The highest BCUT2D eigenvalue weighted by Crippen LogP contribution is 2.28. The molecule has 1 aliphatic carbocycles. The highest BCUT2D eigenvalue weighted by atomic mass is 15.1. The van der Waals surface area contributed by atoms with Crippen LogP contribution in [0.4, 0.5) is 0 Å². The molecule has 15 heavy (non-hydrogen) atoms. The van der Waals surface area contributed by atoms with Crippen LogP contribution in [0, 0.1) is 5.92 Å². The maximum absolute atomic E-state index is 5.38. The molecule has 0 aliphatic heterocycles. The fourth-order valence-corrected chi connectivity index (χ4v) is 2.45. The van der Waals surface area contributed by atoms with Gasteiger partial charge in [-0.05, 0) is 32.9 Å². The maximum atomic E-state index is 5.38. The lowest BCUT2D eigenvalue weighted by atomic mass is 9.83. The first-order valence-electron chi connectivity index (χ1n) is 5.83. The third kappa shape index (κ3) is 4.08. The summed E-state index contributed by atoms with van der Waals surface area (Å²) in [4.78, 5) is 6.40. The number of hydrogen-bond donors (Lipinski definition) is 2. The molecule has 1 atom stereocenters. The normalized spacial score (nSPS) is 20.2. The predicted molar refractivity (Wildman–Crippen MR) is 64.7 cm³/mol. The molecule has 1 aliphatic rings. The average Bonchev–Trinajstić information content (AvgIpc) is 2.18. The Labute approximate surface area is 92.7 Å². The molecule has 1 rings (SSSR count). The van der Waals surface area contributed by atoms with Crippen LogP contribution in [0.1, 0.15) is 32.1 Å². The third-order valence-electron chi connectivity index (χ3n) is 3.32. The molecule has 4 nitrogen and oxygen atoms in total. The molecule has 0 aromatic rings. The van der Waals surface area contributed by atoms with Gasteiger partial charge in [-0.25, -0.2) is 0 Å². The second-order valence-electron chi connectivity index (χ2n) is 4.69. The summed E-state index contributed by atoms with van der Waals surface area (Å²) in [5, 5.41) is 0. The van der Waals surface area contributed by atoms with Gasteiger partial charge >= 0.3 is 0 Å². The third-order valence-corrected chi connectivity index (χ3v) is 3.32. The summed E-state index contributed by atoms with van der Waals surface area (Å²) in [7, 11) is 4.23. The van der Waals surface area contributed by atoms with Crippen molar-refractivity contribution in [2.24, 2.45) is 22.4 Å². The molecule has 1 saturated carbocycles. The maximum Gasteiger partial charge on any atom is 0.185 e. The number of nitrogens with two attached hydrogens (primary N) is 2. The summed E-state index contributed by atoms with van der Waals surface area (Å²) in [5.74, 6) is 0.967. The number of guanidine groups is 1. The Morgan fingerprint density at radius 3 is 2.33 bits per heavy atom. The smallest absolute Gasteiger partial charge is 0.185 e. The summed E-state index contributed by atoms with van der Waals surface area (Å²) in [6.07, 6.45) is 6.75. The zero-order valence-electron chi connectivity index (χ0n) is 9.95. The Hall–Kier alpha value is -0.770. The van der Waals surface area contributed by atoms with Crippen molar-refractivity contribution in [3.8, 4) is 0 Å². The van der Waals surface area contributed by atoms with Crippen molar-refractivity contribution < 1.29 is 0 Å². The molecule has 0 spiro atoms. The highest BCUT2D eigenvalue weighted by Gasteiger charge is 2.24. The van der Waals surface area contributed by atoms with Crippen LogP contribution in [0.15, 0.2) is 4.99 Å². The molecule has 0 radical (unpaired) electrons. The molecule has 1 unspecified atom stereocenters. The van der Waals surface area contributed by atoms with E-state index in [1.165, 1.54) is 32.1 Å². The Balaban J connectivity index is 2.52. The molecule has 1 fully saturated rings. The Morgan fingerprint density at radius 2 is 1.87 bits per heavy atom. The van der Waals surface area contributed by atoms with Gasteiger partial charge in [-0.1, -0.05) is 19.3 Å². The lowest BCUT2D eigenvalue weighted by Gasteiger charge is -2.33. The van der Waals surface area contributed by atoms with Gasteiger partial charge in [0.25, 0.3) is 0 Å². The Morgan fingerprint density at radius 1 is 1.27 bits per heavy atom. The van der Waals surface area contributed by atoms with Gasteiger partial charge in [0, 0.05) is 6.04 Å². The van der Waals surface area contributed by atoms with E-state index in [9.17, 15) is 0 Å². The topological polar surface area (TPSA) is 67.6 Å². The van der Waals surface area contributed by atoms with Crippen LogP contribution in [-0.4, -0.2) is 37.5 Å². The highest BCUT2D eigenvalue weighted by molar-refractivity contribution is 5.75. The van der Waals surface area contributed by atoms with Crippen molar-refractivity contribution >= 4 is 5.96 Å². The summed E-state index contributed by atoms with van der Waals surface area (Å²) in [6, 6.07) is 0.493. The van der Waals surface area contributed by atoms with Gasteiger partial charge in [0.15, 0.2) is 5.96 Å². The van der Waals surface area contributed by atoms with E-state index in [0.717, 1.165) is 12.5 Å². The van der Waals surface area contributed by atoms with E-state index in [0.29, 0.717) is 6.04 Å². The van der Waals surface area contributed by atoms with Gasteiger partial charge in [0.2, 0.25) is 0 Å². The molecular formula is C11H24N4. The second-order valence-corrected chi connectivity index (χ2v) is 4.69. The number of hydrogen-bond acceptors (Lipinski definition) is 2. The number of aliphatic imine (C=N–C) groups is 1. The van der Waals surface area contributed by atoms with E-state index in [1.54, 1.807) is 0 Å². The standard InChI is InChI=1S/C11H24N4/c1-15(2)10(8-14-11(12)13)9-6-4-3-5-7-9/h9-10H,3-8H2,1-2H3,(H4,12,13,14). The minimum atomic E-state index is 0.206. The zero-order valence-corrected chi connectivity index (χ0v) is 9.95. The van der Waals surface area contributed by atoms with E-state index in [4.69, 9.17) is 11.5 Å². The minimum absolute atomic E-state index is 0.206. The van der Waals surface area contributed by atoms with Crippen LogP contribution in [0.5, 0.6) is 0 Å². The first-order chi connectivity index (χ1) is 7.11. The lowest BCUT2D eigenvalue weighted by Crippen LogP contribution is -2.39. The fraction of sp³-hybridized carbons (Fsp3) is 0.909. The van der Waals surface area contributed by atoms with Crippen molar-refractivity contribution in [3.05, 3.63) is 0 Å². The van der Waals surface area contributed by atoms with Crippen molar-refractivity contribution in [2.75, 3.05) is 20.6 Å². The summed E-state index contributed by atoms with van der Waals surface area (Å²) in [6.45, 7) is 0.736. The molecule has 0 saturated heterocycles. The van der Waals surface area contributed by atoms with Crippen molar-refractivity contribution in [2.45, 2.75) is 38.1 Å². The monoisotopic (exact) mass is 212 g/mol. The van der Waals surface area contributed by atoms with E-state index in [2.05, 4.69) is 24.0 Å². The minimum Gasteiger partial charge on any atom is -0.370 e.